The van der Waals surface area contributed by atoms with Gasteiger partial charge in [-0.3, -0.25) is 4.98 Å². The average molecular weight is 243 g/mol. The number of benzene rings is 1. The zero-order valence-electron chi connectivity index (χ0n) is 11.2. The summed E-state index contributed by atoms with van der Waals surface area (Å²) in [6.07, 6.45) is 0. The van der Waals surface area contributed by atoms with Gasteiger partial charge in [0.05, 0.1) is 18.2 Å². The second-order valence-electron chi connectivity index (χ2n) is 5.35. The Hall–Kier alpha value is -1.90. The lowest BCUT2D eigenvalue weighted by Crippen LogP contribution is -2.13. The Morgan fingerprint density at radius 1 is 1.17 bits per heavy atom. The van der Waals surface area contributed by atoms with Crippen LogP contribution in [0.1, 0.15) is 36.8 Å². The summed E-state index contributed by atoms with van der Waals surface area (Å²) in [5, 5.41) is 0.950. The first-order valence-corrected chi connectivity index (χ1v) is 5.91. The molecule has 0 bridgehead atoms. The molecule has 0 radical (unpaired) electrons. The molecule has 0 spiro atoms. The van der Waals surface area contributed by atoms with Crippen LogP contribution < -0.4 is 0 Å². The van der Waals surface area contributed by atoms with Gasteiger partial charge in [0.25, 0.3) is 0 Å². The number of nitrogens with zero attached hydrogens (tertiary/aromatic N) is 1. The number of fused-ring (bicyclic) bond motifs is 1. The van der Waals surface area contributed by atoms with Crippen molar-refractivity contribution < 1.29 is 9.53 Å². The van der Waals surface area contributed by atoms with E-state index in [2.05, 4.69) is 25.8 Å². The molecule has 0 aliphatic rings. The summed E-state index contributed by atoms with van der Waals surface area (Å²) < 4.78 is 4.70. The van der Waals surface area contributed by atoms with E-state index >= 15 is 0 Å². The fourth-order valence-electron chi connectivity index (χ4n) is 1.79. The van der Waals surface area contributed by atoms with E-state index < -0.39 is 0 Å². The lowest BCUT2D eigenvalue weighted by atomic mass is 9.91. The van der Waals surface area contributed by atoms with E-state index in [1.807, 2.05) is 18.2 Å². The fourth-order valence-corrected chi connectivity index (χ4v) is 1.79. The minimum atomic E-state index is -0.322. The number of hydrogen-bond donors (Lipinski definition) is 0. The number of ether oxygens (including phenoxy) is 1. The van der Waals surface area contributed by atoms with Gasteiger partial charge in [0.15, 0.2) is 0 Å². The summed E-state index contributed by atoms with van der Waals surface area (Å²) in [6, 6.07) is 9.41. The van der Waals surface area contributed by atoms with Crippen LogP contribution in [0, 0.1) is 0 Å². The molecule has 0 amide bonds. The summed E-state index contributed by atoms with van der Waals surface area (Å²) >= 11 is 0. The standard InChI is InChI=1S/C15H17NO2/c1-15(2,3)13-8-6-10-9-11(14(17)18-4)5-7-12(10)16-13/h5-9H,1-4H3. The van der Waals surface area contributed by atoms with Gasteiger partial charge in [-0.2, -0.15) is 0 Å². The third-order valence-corrected chi connectivity index (χ3v) is 2.88. The minimum Gasteiger partial charge on any atom is -0.465 e. The molecule has 1 heterocycles. The SMILES string of the molecule is COC(=O)c1ccc2nc(C(C)(C)C)ccc2c1. The third kappa shape index (κ3) is 2.35. The molecule has 3 heteroatoms. The fraction of sp³-hybridized carbons (Fsp3) is 0.333. The van der Waals surface area contributed by atoms with Crippen molar-refractivity contribution in [3.8, 4) is 0 Å². The Balaban J connectivity index is 2.52. The topological polar surface area (TPSA) is 39.2 Å². The van der Waals surface area contributed by atoms with Gasteiger partial charge >= 0.3 is 5.97 Å². The van der Waals surface area contributed by atoms with E-state index in [4.69, 9.17) is 4.74 Å². The van der Waals surface area contributed by atoms with E-state index in [0.717, 1.165) is 16.6 Å². The first kappa shape index (κ1) is 12.6. The minimum absolute atomic E-state index is 0.0230. The van der Waals surface area contributed by atoms with E-state index in [9.17, 15) is 4.79 Å². The number of rotatable bonds is 1. The Labute approximate surface area is 107 Å². The maximum Gasteiger partial charge on any atom is 0.337 e. The van der Waals surface area contributed by atoms with E-state index in [0.29, 0.717) is 5.56 Å². The highest BCUT2D eigenvalue weighted by atomic mass is 16.5. The number of pyridine rings is 1. The van der Waals surface area contributed by atoms with Gasteiger partial charge in [0.1, 0.15) is 0 Å². The molecule has 2 rings (SSSR count). The molecular formula is C15H17NO2. The Bertz CT molecular complexity index is 597. The Kier molecular flexibility index (Phi) is 3.07. The largest absolute Gasteiger partial charge is 0.465 e. The van der Waals surface area contributed by atoms with Crippen LogP contribution in [0.5, 0.6) is 0 Å². The van der Waals surface area contributed by atoms with Crippen molar-refractivity contribution in [2.45, 2.75) is 26.2 Å². The number of methoxy groups -OCH3 is 1. The van der Waals surface area contributed by atoms with Crippen molar-refractivity contribution in [2.24, 2.45) is 0 Å². The summed E-state index contributed by atoms with van der Waals surface area (Å²) in [7, 11) is 1.38. The molecule has 0 unspecified atom stereocenters. The predicted octanol–water partition coefficient (Wildman–Crippen LogP) is 3.32. The summed E-state index contributed by atoms with van der Waals surface area (Å²) in [5.74, 6) is -0.322. The smallest absolute Gasteiger partial charge is 0.337 e. The van der Waals surface area contributed by atoms with E-state index in [1.165, 1.54) is 7.11 Å². The Morgan fingerprint density at radius 2 is 1.89 bits per heavy atom. The van der Waals surface area contributed by atoms with Crippen LogP contribution >= 0.6 is 0 Å². The van der Waals surface area contributed by atoms with E-state index in [1.54, 1.807) is 12.1 Å². The van der Waals surface area contributed by atoms with Crippen LogP contribution in [-0.2, 0) is 10.2 Å². The van der Waals surface area contributed by atoms with Crippen molar-refractivity contribution in [1.82, 2.24) is 4.98 Å². The molecule has 0 fully saturated rings. The molecule has 1 aromatic heterocycles. The third-order valence-electron chi connectivity index (χ3n) is 2.88. The number of aromatic nitrogens is 1. The van der Waals surface area contributed by atoms with Gasteiger partial charge < -0.3 is 4.74 Å². The number of carbonyl (C=O) groups excluding carboxylic acids is 1. The predicted molar refractivity (Wildman–Crippen MR) is 71.8 cm³/mol. The van der Waals surface area contributed by atoms with Crippen molar-refractivity contribution in [3.05, 3.63) is 41.6 Å². The van der Waals surface area contributed by atoms with Crippen LogP contribution in [0.15, 0.2) is 30.3 Å². The van der Waals surface area contributed by atoms with Crippen molar-refractivity contribution in [2.75, 3.05) is 7.11 Å². The van der Waals surface area contributed by atoms with Crippen molar-refractivity contribution in [3.63, 3.8) is 0 Å². The average Bonchev–Trinajstić information content (AvgIpc) is 2.35. The molecule has 0 N–H and O–H groups in total. The highest BCUT2D eigenvalue weighted by molar-refractivity contribution is 5.94. The zero-order valence-corrected chi connectivity index (χ0v) is 11.2. The van der Waals surface area contributed by atoms with Crippen LogP contribution in [0.4, 0.5) is 0 Å². The number of hydrogen-bond acceptors (Lipinski definition) is 3. The highest BCUT2D eigenvalue weighted by Gasteiger charge is 2.15. The maximum absolute atomic E-state index is 11.4. The van der Waals surface area contributed by atoms with Gasteiger partial charge in [0.2, 0.25) is 0 Å². The lowest BCUT2D eigenvalue weighted by Gasteiger charge is -2.18. The molecule has 0 aliphatic carbocycles. The van der Waals surface area contributed by atoms with Gasteiger partial charge in [-0.05, 0) is 24.3 Å². The molecule has 3 nitrogen and oxygen atoms in total. The van der Waals surface area contributed by atoms with Gasteiger partial charge in [-0.1, -0.05) is 26.8 Å². The normalized spacial score (nSPS) is 11.6. The summed E-state index contributed by atoms with van der Waals surface area (Å²) in [5.41, 5.74) is 2.51. The van der Waals surface area contributed by atoms with Gasteiger partial charge in [-0.15, -0.1) is 0 Å². The quantitative estimate of drug-likeness (QED) is 0.721. The summed E-state index contributed by atoms with van der Waals surface area (Å²) in [6.45, 7) is 6.39. The zero-order chi connectivity index (χ0) is 13.3. The maximum atomic E-state index is 11.4. The summed E-state index contributed by atoms with van der Waals surface area (Å²) in [4.78, 5) is 16.1. The molecule has 18 heavy (non-hydrogen) atoms. The molecule has 0 saturated heterocycles. The molecule has 0 atom stereocenters. The molecule has 1 aromatic carbocycles. The molecule has 2 aromatic rings. The van der Waals surface area contributed by atoms with Crippen LogP contribution in [0.25, 0.3) is 10.9 Å². The Morgan fingerprint density at radius 3 is 2.50 bits per heavy atom. The van der Waals surface area contributed by atoms with Crippen molar-refractivity contribution in [1.29, 1.82) is 0 Å². The van der Waals surface area contributed by atoms with Crippen LogP contribution in [0.2, 0.25) is 0 Å². The van der Waals surface area contributed by atoms with Crippen LogP contribution in [-0.4, -0.2) is 18.1 Å². The van der Waals surface area contributed by atoms with Crippen molar-refractivity contribution >= 4 is 16.9 Å². The first-order valence-electron chi connectivity index (χ1n) is 5.91. The monoisotopic (exact) mass is 243 g/mol. The van der Waals surface area contributed by atoms with Gasteiger partial charge in [0, 0.05) is 16.5 Å². The van der Waals surface area contributed by atoms with E-state index in [-0.39, 0.29) is 11.4 Å². The highest BCUT2D eigenvalue weighted by Crippen LogP contribution is 2.23. The molecule has 94 valence electrons. The lowest BCUT2D eigenvalue weighted by molar-refractivity contribution is 0.0601. The number of carbonyl (C=O) groups is 1. The second-order valence-corrected chi connectivity index (χ2v) is 5.35. The first-order chi connectivity index (χ1) is 8.41. The van der Waals surface area contributed by atoms with Crippen LogP contribution in [0.3, 0.4) is 0 Å². The second kappa shape index (κ2) is 4.41. The van der Waals surface area contributed by atoms with Gasteiger partial charge in [-0.25, -0.2) is 4.79 Å². The number of esters is 1. The molecule has 0 saturated carbocycles. The molecule has 0 aliphatic heterocycles. The molecular weight excluding hydrogens is 226 g/mol.